The lowest BCUT2D eigenvalue weighted by atomic mass is 10.3. The van der Waals surface area contributed by atoms with Crippen LogP contribution in [-0.4, -0.2) is 32.4 Å². The van der Waals surface area contributed by atoms with Gasteiger partial charge in [-0.25, -0.2) is 17.5 Å². The van der Waals surface area contributed by atoms with Crippen LogP contribution < -0.4 is 4.72 Å². The van der Waals surface area contributed by atoms with Crippen LogP contribution in [0.3, 0.4) is 0 Å². The molecule has 0 heterocycles. The molecule has 16 heavy (non-hydrogen) atoms. The monoisotopic (exact) mass is 275 g/mol. The molecular weight excluding hydrogens is 272 g/mol. The van der Waals surface area contributed by atoms with E-state index in [0.29, 0.717) is 4.72 Å². The first kappa shape index (κ1) is 15.0. The Labute approximate surface area is 84.3 Å². The Morgan fingerprint density at radius 2 is 1.69 bits per heavy atom. The van der Waals surface area contributed by atoms with E-state index in [0.717, 1.165) is 0 Å². The summed E-state index contributed by atoms with van der Waals surface area (Å²) in [6.45, 7) is 0. The van der Waals surface area contributed by atoms with Crippen molar-refractivity contribution in [3.63, 3.8) is 0 Å². The van der Waals surface area contributed by atoms with Crippen molar-refractivity contribution in [1.29, 1.82) is 0 Å². The normalized spacial score (nSPS) is 16.6. The van der Waals surface area contributed by atoms with Crippen molar-refractivity contribution in [3.05, 3.63) is 0 Å². The average molecular weight is 275 g/mol. The summed E-state index contributed by atoms with van der Waals surface area (Å²) in [5, 5.41) is 0. The van der Waals surface area contributed by atoms with Gasteiger partial charge in [-0.1, -0.05) is 0 Å². The van der Waals surface area contributed by atoms with Gasteiger partial charge in [-0.05, 0) is 4.53 Å². The lowest BCUT2D eigenvalue weighted by Gasteiger charge is -2.21. The third-order valence-corrected chi connectivity index (χ3v) is 1.94. The van der Waals surface area contributed by atoms with Gasteiger partial charge in [-0.2, -0.15) is 17.6 Å². The summed E-state index contributed by atoms with van der Waals surface area (Å²) < 4.78 is 91.6. The highest BCUT2D eigenvalue weighted by Crippen LogP contribution is 2.35. The van der Waals surface area contributed by atoms with Crippen molar-refractivity contribution in [3.8, 4) is 0 Å². The number of alkyl halides is 5. The standard InChI is InChI=1S/C4H3F6NO4S/c5-1-16(13,14)11-2(12)3(6,15-10)4(7,8)9/h1H2,(H,11,12). The molecule has 1 atom stereocenters. The number of carbonyl (C=O) groups is 1. The fourth-order valence-corrected chi connectivity index (χ4v) is 0.910. The van der Waals surface area contributed by atoms with Gasteiger partial charge in [0, 0.05) is 0 Å². The third kappa shape index (κ3) is 2.98. The third-order valence-electron chi connectivity index (χ3n) is 1.15. The summed E-state index contributed by atoms with van der Waals surface area (Å²) in [6, 6.07) is -2.29. The number of hydrogen-bond acceptors (Lipinski definition) is 4. The first-order chi connectivity index (χ1) is 7.00. The lowest BCUT2D eigenvalue weighted by Crippen LogP contribution is -2.55. The zero-order chi connectivity index (χ0) is 13.2. The van der Waals surface area contributed by atoms with Gasteiger partial charge in [0.1, 0.15) is 0 Å². The highest BCUT2D eigenvalue weighted by molar-refractivity contribution is 7.89. The zero-order valence-corrected chi connectivity index (χ0v) is 7.83. The molecule has 12 heteroatoms. The van der Waals surface area contributed by atoms with E-state index in [9.17, 15) is 39.7 Å². The van der Waals surface area contributed by atoms with E-state index in [-0.39, 0.29) is 0 Å². The maximum absolute atomic E-state index is 12.6. The van der Waals surface area contributed by atoms with Crippen LogP contribution in [0.25, 0.3) is 0 Å². The number of rotatable bonds is 4. The molecule has 0 aromatic heterocycles. The second kappa shape index (κ2) is 4.45. The van der Waals surface area contributed by atoms with Crippen LogP contribution in [0.15, 0.2) is 0 Å². The van der Waals surface area contributed by atoms with E-state index >= 15 is 0 Å². The predicted molar refractivity (Wildman–Crippen MR) is 35.1 cm³/mol. The Balaban J connectivity index is 5.10. The van der Waals surface area contributed by atoms with E-state index in [2.05, 4.69) is 0 Å². The second-order valence-electron chi connectivity index (χ2n) is 2.33. The summed E-state index contributed by atoms with van der Waals surface area (Å²) in [6.07, 6.45) is -6.17. The Kier molecular flexibility index (Phi) is 4.16. The molecule has 0 aliphatic carbocycles. The van der Waals surface area contributed by atoms with Crippen molar-refractivity contribution >= 4 is 15.9 Å². The van der Waals surface area contributed by atoms with E-state index in [1.54, 1.807) is 4.94 Å². The number of amides is 1. The molecule has 96 valence electrons. The summed E-state index contributed by atoms with van der Waals surface area (Å²) in [7, 11) is -5.13. The van der Waals surface area contributed by atoms with Crippen LogP contribution in [-0.2, 0) is 19.8 Å². The molecule has 1 N–H and O–H groups in total. The molecule has 0 aliphatic rings. The minimum atomic E-state index is -6.17. The van der Waals surface area contributed by atoms with Crippen molar-refractivity contribution in [2.24, 2.45) is 0 Å². The first-order valence-corrected chi connectivity index (χ1v) is 4.81. The Hall–Kier alpha value is -1.04. The smallest absolute Gasteiger partial charge is 0.267 e. The van der Waals surface area contributed by atoms with Crippen LogP contribution in [0.2, 0.25) is 0 Å². The van der Waals surface area contributed by atoms with Gasteiger partial charge >= 0.3 is 17.9 Å². The van der Waals surface area contributed by atoms with Crippen molar-refractivity contribution in [1.82, 2.24) is 4.72 Å². The molecule has 0 aliphatic heterocycles. The summed E-state index contributed by atoms with van der Waals surface area (Å²) >= 11 is 0. The van der Waals surface area contributed by atoms with Crippen LogP contribution >= 0.6 is 0 Å². The van der Waals surface area contributed by atoms with Crippen molar-refractivity contribution < 1.29 is 44.6 Å². The quantitative estimate of drug-likeness (QED) is 0.758. The van der Waals surface area contributed by atoms with Crippen molar-refractivity contribution in [2.45, 2.75) is 12.0 Å². The largest absolute Gasteiger partial charge is 0.461 e. The van der Waals surface area contributed by atoms with Gasteiger partial charge in [0.15, 0.2) is 0 Å². The molecule has 0 aromatic rings. The summed E-state index contributed by atoms with van der Waals surface area (Å²) in [4.78, 5) is 12.2. The molecule has 5 nitrogen and oxygen atoms in total. The topological polar surface area (TPSA) is 72.5 Å². The van der Waals surface area contributed by atoms with Crippen LogP contribution in [0.5, 0.6) is 0 Å². The van der Waals surface area contributed by atoms with Gasteiger partial charge in [-0.3, -0.25) is 4.79 Å². The summed E-state index contributed by atoms with van der Waals surface area (Å²) in [5.74, 6) is -8.56. The SMILES string of the molecule is O=C(NS(=O)(=O)CF)C(F)(OF)C(F)(F)F. The lowest BCUT2D eigenvalue weighted by molar-refractivity contribution is -0.380. The average Bonchev–Trinajstić information content (AvgIpc) is 2.14. The second-order valence-corrected chi connectivity index (χ2v) is 3.98. The molecule has 1 unspecified atom stereocenters. The predicted octanol–water partition coefficient (Wildman–Crippen LogP) is 0.489. The van der Waals surface area contributed by atoms with Crippen LogP contribution in [0, 0.1) is 0 Å². The fourth-order valence-electron chi connectivity index (χ4n) is 0.442. The zero-order valence-electron chi connectivity index (χ0n) is 7.02. The number of hydrogen-bond donors (Lipinski definition) is 1. The molecular formula is C4H3F6NO4S. The summed E-state index contributed by atoms with van der Waals surface area (Å²) in [5.41, 5.74) is 0. The number of carbonyl (C=O) groups excluding carboxylic acids is 1. The highest BCUT2D eigenvalue weighted by Gasteiger charge is 2.66. The Bertz CT molecular complexity index is 365. The fraction of sp³-hybridized carbons (Fsp3) is 0.750. The molecule has 0 spiro atoms. The Morgan fingerprint density at radius 3 is 1.94 bits per heavy atom. The van der Waals surface area contributed by atoms with Gasteiger partial charge < -0.3 is 0 Å². The van der Waals surface area contributed by atoms with Gasteiger partial charge in [0.05, 0.1) is 0 Å². The van der Waals surface area contributed by atoms with E-state index in [1.165, 1.54) is 0 Å². The van der Waals surface area contributed by atoms with Gasteiger partial charge in [-0.15, -0.1) is 4.94 Å². The van der Waals surface area contributed by atoms with Crippen LogP contribution in [0.1, 0.15) is 0 Å². The van der Waals surface area contributed by atoms with Crippen LogP contribution in [0.4, 0.5) is 26.5 Å². The molecule has 0 saturated carbocycles. The number of halogens is 6. The van der Waals surface area contributed by atoms with Gasteiger partial charge in [0.25, 0.3) is 10.0 Å². The maximum Gasteiger partial charge on any atom is 0.461 e. The Morgan fingerprint density at radius 1 is 1.25 bits per heavy atom. The maximum atomic E-state index is 12.6. The molecule has 0 bridgehead atoms. The molecule has 1 amide bonds. The van der Waals surface area contributed by atoms with Crippen molar-refractivity contribution in [2.75, 3.05) is 6.01 Å². The number of sulfonamides is 1. The molecule has 0 aromatic carbocycles. The van der Waals surface area contributed by atoms with E-state index < -0.39 is 34.0 Å². The first-order valence-electron chi connectivity index (χ1n) is 3.16. The highest BCUT2D eigenvalue weighted by atomic mass is 32.2. The molecule has 0 rings (SSSR count). The number of nitrogens with one attached hydrogen (secondary N) is 1. The molecule has 0 fully saturated rings. The van der Waals surface area contributed by atoms with Gasteiger partial charge in [0.2, 0.25) is 6.01 Å². The van der Waals surface area contributed by atoms with E-state index in [4.69, 9.17) is 0 Å². The minimum absolute atomic E-state index is 0.302. The van der Waals surface area contributed by atoms with E-state index in [1.807, 2.05) is 0 Å². The molecule has 0 radical (unpaired) electrons. The minimum Gasteiger partial charge on any atom is -0.267 e. The molecule has 0 saturated heterocycles.